The predicted octanol–water partition coefficient (Wildman–Crippen LogP) is 6.91. The van der Waals surface area contributed by atoms with Crippen LogP contribution in [0, 0.1) is 62.7 Å². The number of rotatable bonds is 2. The summed E-state index contributed by atoms with van der Waals surface area (Å²) in [4.78, 5) is 29.0. The standard InChI is InChI=1S/C32H47NO4/c1-27(2)11-13-32(18-24(35)36)14-12-31(7)25(19(32)16-27)21(34)15-23-29(5)17-20(33-8)26(37)28(3,4)22(29)9-10-30(23,31)6/h17,19,21-23,25,34H,9-16,18H2,1-7H3,(H,35,36)/t19-,21+,22-,23+,25-,29-,30+,31+,32+/m0/s1. The number of hydrogen-bond donors (Lipinski definition) is 2. The number of aliphatic hydroxyl groups excluding tert-OH is 1. The van der Waals surface area contributed by atoms with Crippen LogP contribution in [-0.4, -0.2) is 28.1 Å². The van der Waals surface area contributed by atoms with Crippen LogP contribution in [0.4, 0.5) is 0 Å². The number of nitrogens with zero attached hydrogens (tertiary/aromatic N) is 1. The van der Waals surface area contributed by atoms with Gasteiger partial charge in [-0.05, 0) is 102 Å². The number of aliphatic carboxylic acids is 1. The van der Waals surface area contributed by atoms with Crippen molar-refractivity contribution in [3.63, 3.8) is 0 Å². The molecule has 0 heterocycles. The summed E-state index contributed by atoms with van der Waals surface area (Å²) in [6, 6.07) is 0. The Morgan fingerprint density at radius 1 is 1.00 bits per heavy atom. The van der Waals surface area contributed by atoms with Gasteiger partial charge in [-0.1, -0.05) is 54.5 Å². The van der Waals surface area contributed by atoms with E-state index in [2.05, 4.69) is 39.5 Å². The molecule has 0 aromatic carbocycles. The maximum atomic E-state index is 13.2. The summed E-state index contributed by atoms with van der Waals surface area (Å²) in [6.07, 6.45) is 9.12. The van der Waals surface area contributed by atoms with E-state index in [0.717, 1.165) is 44.9 Å². The van der Waals surface area contributed by atoms with Gasteiger partial charge >= 0.3 is 5.97 Å². The zero-order valence-corrected chi connectivity index (χ0v) is 24.0. The maximum Gasteiger partial charge on any atom is 0.303 e. The lowest BCUT2D eigenvalue weighted by Gasteiger charge is -2.73. The number of hydrogen-bond acceptors (Lipinski definition) is 3. The molecular formula is C32H47NO4. The SMILES string of the molecule is [C-]#[N+]C1=C[C@]2(C)[C@H]3C[C@@H](O)[C@@H]4[C@@H]5CC(C)(C)CC[C@]5(CC(=O)O)CC[C@@]4(C)[C@]3(C)CC[C@H]2C(C)(C)C1=O. The molecule has 0 radical (unpaired) electrons. The summed E-state index contributed by atoms with van der Waals surface area (Å²) < 4.78 is 0. The van der Waals surface area contributed by atoms with Crippen molar-refractivity contribution in [3.05, 3.63) is 23.2 Å². The van der Waals surface area contributed by atoms with Crippen LogP contribution in [0.3, 0.4) is 0 Å². The van der Waals surface area contributed by atoms with Crippen LogP contribution >= 0.6 is 0 Å². The summed E-state index contributed by atoms with van der Waals surface area (Å²) in [5.41, 5.74) is -0.918. The smallest absolute Gasteiger partial charge is 0.303 e. The van der Waals surface area contributed by atoms with E-state index >= 15 is 0 Å². The van der Waals surface area contributed by atoms with Gasteiger partial charge in [-0.25, -0.2) is 4.85 Å². The number of carboxylic acids is 1. The fraction of sp³-hybridized carbons (Fsp3) is 0.844. The molecule has 0 aromatic heterocycles. The molecular weight excluding hydrogens is 462 g/mol. The van der Waals surface area contributed by atoms with Gasteiger partial charge in [-0.2, -0.15) is 0 Å². The van der Waals surface area contributed by atoms with Crippen LogP contribution in [-0.2, 0) is 9.59 Å². The van der Waals surface area contributed by atoms with Gasteiger partial charge in [0.05, 0.1) is 19.1 Å². The molecule has 4 saturated carbocycles. The summed E-state index contributed by atoms with van der Waals surface area (Å²) in [6.45, 7) is 23.5. The third-order valence-corrected chi connectivity index (χ3v) is 13.4. The van der Waals surface area contributed by atoms with E-state index in [1.807, 2.05) is 19.9 Å². The predicted molar refractivity (Wildman–Crippen MR) is 143 cm³/mol. The first-order chi connectivity index (χ1) is 17.0. The van der Waals surface area contributed by atoms with Gasteiger partial charge in [0.15, 0.2) is 5.78 Å². The molecule has 0 aliphatic heterocycles. The number of aliphatic hydroxyl groups is 1. The second-order valence-corrected chi connectivity index (χ2v) is 15.8. The van der Waals surface area contributed by atoms with Crippen molar-refractivity contribution < 1.29 is 19.8 Å². The quantitative estimate of drug-likeness (QED) is 0.397. The van der Waals surface area contributed by atoms with E-state index in [-0.39, 0.29) is 68.6 Å². The van der Waals surface area contributed by atoms with E-state index in [1.54, 1.807) is 0 Å². The lowest BCUT2D eigenvalue weighted by atomic mass is 9.31. The summed E-state index contributed by atoms with van der Waals surface area (Å²) in [5, 5.41) is 22.1. The molecule has 5 nitrogen and oxygen atoms in total. The maximum absolute atomic E-state index is 13.2. The van der Waals surface area contributed by atoms with E-state index < -0.39 is 17.5 Å². The number of fused-ring (bicyclic) bond motifs is 7. The molecule has 0 amide bonds. The Balaban J connectivity index is 1.63. The fourth-order valence-electron chi connectivity index (χ4n) is 11.3. The molecule has 0 saturated heterocycles. The van der Waals surface area contributed by atoms with Crippen molar-refractivity contribution in [2.24, 2.45) is 56.2 Å². The van der Waals surface area contributed by atoms with Gasteiger partial charge in [0.25, 0.3) is 0 Å². The zero-order valence-electron chi connectivity index (χ0n) is 24.0. The lowest BCUT2D eigenvalue weighted by Crippen LogP contribution is -2.69. The molecule has 0 unspecified atom stereocenters. The highest BCUT2D eigenvalue weighted by Gasteiger charge is 2.71. The second kappa shape index (κ2) is 7.93. The highest BCUT2D eigenvalue weighted by molar-refractivity contribution is 6.02. The number of carbonyl (C=O) groups excluding carboxylic acids is 1. The topological polar surface area (TPSA) is 79.0 Å². The van der Waals surface area contributed by atoms with Crippen LogP contribution < -0.4 is 0 Å². The van der Waals surface area contributed by atoms with Gasteiger partial charge in [0, 0.05) is 5.41 Å². The molecule has 5 aliphatic rings. The summed E-state index contributed by atoms with van der Waals surface area (Å²) >= 11 is 0. The molecule has 9 atom stereocenters. The third kappa shape index (κ3) is 3.43. The van der Waals surface area contributed by atoms with Crippen molar-refractivity contribution in [1.29, 1.82) is 0 Å². The fourth-order valence-corrected chi connectivity index (χ4v) is 11.3. The number of carbonyl (C=O) groups is 2. The minimum atomic E-state index is -0.707. The molecule has 2 N–H and O–H groups in total. The van der Waals surface area contributed by atoms with Crippen molar-refractivity contribution in [2.75, 3.05) is 0 Å². The molecule has 204 valence electrons. The molecule has 0 spiro atoms. The van der Waals surface area contributed by atoms with Crippen LogP contribution in [0.2, 0.25) is 0 Å². The first-order valence-corrected chi connectivity index (χ1v) is 14.5. The van der Waals surface area contributed by atoms with Crippen LogP contribution in [0.5, 0.6) is 0 Å². The van der Waals surface area contributed by atoms with Gasteiger partial charge in [-0.3, -0.25) is 4.79 Å². The molecule has 0 bridgehead atoms. The van der Waals surface area contributed by atoms with Gasteiger partial charge in [0.2, 0.25) is 5.70 Å². The number of ketones is 1. The Bertz CT molecular complexity index is 1100. The molecule has 5 heteroatoms. The number of allylic oxidation sites excluding steroid dienone is 2. The van der Waals surface area contributed by atoms with Crippen molar-refractivity contribution in [1.82, 2.24) is 0 Å². The van der Waals surface area contributed by atoms with E-state index in [0.29, 0.717) is 6.42 Å². The number of Topliss-reactive ketones (excluding diaryl/α,β-unsaturated/α-hetero) is 1. The minimum absolute atomic E-state index is 0.0328. The van der Waals surface area contributed by atoms with E-state index in [4.69, 9.17) is 6.57 Å². The normalized spacial score (nSPS) is 49.9. The average Bonchev–Trinajstić information content (AvgIpc) is 2.78. The molecule has 5 rings (SSSR count). The molecule has 0 aromatic rings. The summed E-state index contributed by atoms with van der Waals surface area (Å²) in [7, 11) is 0. The Labute approximate surface area is 223 Å². The zero-order chi connectivity index (χ0) is 27.4. The largest absolute Gasteiger partial charge is 0.481 e. The van der Waals surface area contributed by atoms with Crippen molar-refractivity contribution in [3.8, 4) is 0 Å². The van der Waals surface area contributed by atoms with Gasteiger partial charge in [-0.15, -0.1) is 0 Å². The van der Waals surface area contributed by atoms with Crippen LogP contribution in [0.1, 0.15) is 106 Å². The highest BCUT2D eigenvalue weighted by atomic mass is 16.4. The van der Waals surface area contributed by atoms with E-state index in [1.165, 1.54) is 0 Å². The molecule has 4 fully saturated rings. The van der Waals surface area contributed by atoms with Crippen LogP contribution in [0.15, 0.2) is 11.8 Å². The minimum Gasteiger partial charge on any atom is -0.481 e. The Kier molecular flexibility index (Phi) is 5.77. The molecule has 5 aliphatic carbocycles. The Morgan fingerprint density at radius 3 is 2.27 bits per heavy atom. The second-order valence-electron chi connectivity index (χ2n) is 15.8. The first-order valence-electron chi connectivity index (χ1n) is 14.5. The highest BCUT2D eigenvalue weighted by Crippen LogP contribution is 2.76. The molecule has 37 heavy (non-hydrogen) atoms. The van der Waals surface area contributed by atoms with E-state index in [9.17, 15) is 19.8 Å². The third-order valence-electron chi connectivity index (χ3n) is 13.4. The lowest BCUT2D eigenvalue weighted by molar-refractivity contribution is -0.261. The van der Waals surface area contributed by atoms with Crippen LogP contribution in [0.25, 0.3) is 4.85 Å². The number of carboxylic acid groups (broad SMARTS) is 1. The first kappa shape index (κ1) is 26.9. The van der Waals surface area contributed by atoms with Gasteiger partial charge in [0.1, 0.15) is 0 Å². The van der Waals surface area contributed by atoms with Gasteiger partial charge < -0.3 is 15.0 Å². The average molecular weight is 510 g/mol. The van der Waals surface area contributed by atoms with Crippen molar-refractivity contribution >= 4 is 11.8 Å². The Morgan fingerprint density at radius 2 is 1.65 bits per heavy atom. The Hall–Kier alpha value is -1.67. The van der Waals surface area contributed by atoms with Crippen molar-refractivity contribution in [2.45, 2.75) is 112 Å². The summed E-state index contributed by atoms with van der Waals surface area (Å²) in [5.74, 6) is -0.155. The monoisotopic (exact) mass is 509 g/mol.